The molecule has 0 aliphatic heterocycles. The molecule has 0 radical (unpaired) electrons. The number of benzene rings is 1. The molecule has 0 saturated heterocycles. The Morgan fingerprint density at radius 2 is 2.31 bits per heavy atom. The largest absolute Gasteiger partial charge is 0.381 e. The average molecular weight is 199 g/mol. The van der Waals surface area contributed by atoms with Gasteiger partial charge in [0.05, 0.1) is 22.3 Å². The number of alkyl halides is 1. The van der Waals surface area contributed by atoms with E-state index in [0.29, 0.717) is 16.3 Å². The van der Waals surface area contributed by atoms with Gasteiger partial charge in [-0.15, -0.1) is 0 Å². The third kappa shape index (κ3) is 2.60. The van der Waals surface area contributed by atoms with Crippen molar-refractivity contribution >= 4 is 17.3 Å². The van der Waals surface area contributed by atoms with E-state index >= 15 is 0 Å². The second kappa shape index (κ2) is 4.68. The Bertz CT molecular complexity index is 333. The minimum absolute atomic E-state index is 0.228. The monoisotopic (exact) mass is 198 g/mol. The van der Waals surface area contributed by atoms with Crippen LogP contribution in [0.1, 0.15) is 5.56 Å². The Labute approximate surface area is 80.9 Å². The van der Waals surface area contributed by atoms with Crippen molar-refractivity contribution < 1.29 is 4.39 Å². The highest BCUT2D eigenvalue weighted by Gasteiger charge is 2.00. The van der Waals surface area contributed by atoms with Crippen LogP contribution in [0.25, 0.3) is 0 Å². The van der Waals surface area contributed by atoms with Gasteiger partial charge in [0, 0.05) is 6.54 Å². The van der Waals surface area contributed by atoms with E-state index in [2.05, 4.69) is 5.32 Å². The predicted octanol–water partition coefficient (Wildman–Crippen LogP) is 2.59. The van der Waals surface area contributed by atoms with Crippen LogP contribution in [0.15, 0.2) is 18.2 Å². The highest BCUT2D eigenvalue weighted by molar-refractivity contribution is 6.33. The quantitative estimate of drug-likeness (QED) is 0.811. The lowest BCUT2D eigenvalue weighted by molar-refractivity contribution is 0.513. The fourth-order valence-corrected chi connectivity index (χ4v) is 1.16. The molecule has 1 rings (SSSR count). The Hall–Kier alpha value is -1.27. The molecule has 13 heavy (non-hydrogen) atoms. The summed E-state index contributed by atoms with van der Waals surface area (Å²) in [5.41, 5.74) is 1.15. The van der Waals surface area contributed by atoms with E-state index in [-0.39, 0.29) is 6.54 Å². The van der Waals surface area contributed by atoms with E-state index in [0.717, 1.165) is 0 Å². The summed E-state index contributed by atoms with van der Waals surface area (Å²) in [4.78, 5) is 0. The number of rotatable bonds is 3. The summed E-state index contributed by atoms with van der Waals surface area (Å²) in [5, 5.41) is 11.8. The van der Waals surface area contributed by atoms with Crippen LogP contribution < -0.4 is 5.32 Å². The molecular formula is C9H8ClFN2. The average Bonchev–Trinajstić information content (AvgIpc) is 2.16. The van der Waals surface area contributed by atoms with E-state index in [4.69, 9.17) is 16.9 Å². The molecule has 68 valence electrons. The predicted molar refractivity (Wildman–Crippen MR) is 50.6 cm³/mol. The maximum Gasteiger partial charge on any atom is 0.107 e. The van der Waals surface area contributed by atoms with E-state index in [1.54, 1.807) is 18.2 Å². The van der Waals surface area contributed by atoms with Crippen molar-refractivity contribution in [3.8, 4) is 6.07 Å². The molecule has 0 saturated carbocycles. The molecule has 0 amide bonds. The molecule has 0 atom stereocenters. The van der Waals surface area contributed by atoms with Crippen molar-refractivity contribution in [1.82, 2.24) is 0 Å². The lowest BCUT2D eigenvalue weighted by Crippen LogP contribution is -2.03. The zero-order valence-corrected chi connectivity index (χ0v) is 7.61. The lowest BCUT2D eigenvalue weighted by Gasteiger charge is -2.05. The maximum absolute atomic E-state index is 11.8. The highest BCUT2D eigenvalue weighted by Crippen LogP contribution is 2.22. The van der Waals surface area contributed by atoms with Crippen molar-refractivity contribution in [3.05, 3.63) is 28.8 Å². The topological polar surface area (TPSA) is 35.8 Å². The third-order valence-corrected chi connectivity index (χ3v) is 1.82. The van der Waals surface area contributed by atoms with Crippen LogP contribution in [0.3, 0.4) is 0 Å². The normalized spacial score (nSPS) is 9.31. The van der Waals surface area contributed by atoms with Gasteiger partial charge in [-0.3, -0.25) is 0 Å². The molecule has 1 aromatic rings. The first-order valence-corrected chi connectivity index (χ1v) is 4.15. The van der Waals surface area contributed by atoms with Crippen molar-refractivity contribution in [1.29, 1.82) is 5.26 Å². The number of halogens is 2. The van der Waals surface area contributed by atoms with Gasteiger partial charge in [0.2, 0.25) is 0 Å². The number of hydrogen-bond acceptors (Lipinski definition) is 2. The fraction of sp³-hybridized carbons (Fsp3) is 0.222. The summed E-state index contributed by atoms with van der Waals surface area (Å²) in [7, 11) is 0. The Morgan fingerprint density at radius 1 is 1.54 bits per heavy atom. The molecule has 0 fully saturated rings. The van der Waals surface area contributed by atoms with Gasteiger partial charge in [0.25, 0.3) is 0 Å². The van der Waals surface area contributed by atoms with Gasteiger partial charge in [-0.1, -0.05) is 11.6 Å². The van der Waals surface area contributed by atoms with Crippen molar-refractivity contribution in [2.24, 2.45) is 0 Å². The lowest BCUT2D eigenvalue weighted by atomic mass is 10.2. The first-order valence-electron chi connectivity index (χ1n) is 3.77. The van der Waals surface area contributed by atoms with Crippen LogP contribution in [0, 0.1) is 11.3 Å². The molecule has 4 heteroatoms. The SMILES string of the molecule is N#Cc1ccc(NCCF)c(Cl)c1. The Balaban J connectivity index is 2.81. The van der Waals surface area contributed by atoms with Gasteiger partial charge in [0.1, 0.15) is 6.67 Å². The highest BCUT2D eigenvalue weighted by atomic mass is 35.5. The van der Waals surface area contributed by atoms with Crippen molar-refractivity contribution in [2.75, 3.05) is 18.5 Å². The zero-order valence-electron chi connectivity index (χ0n) is 6.85. The van der Waals surface area contributed by atoms with E-state index in [1.165, 1.54) is 0 Å². The van der Waals surface area contributed by atoms with Crippen LogP contribution in [-0.4, -0.2) is 13.2 Å². The summed E-state index contributed by atoms with van der Waals surface area (Å²) >= 11 is 5.81. The second-order valence-electron chi connectivity index (χ2n) is 2.42. The van der Waals surface area contributed by atoms with Crippen LogP contribution in [0.5, 0.6) is 0 Å². The van der Waals surface area contributed by atoms with Crippen LogP contribution in [-0.2, 0) is 0 Å². The van der Waals surface area contributed by atoms with Crippen molar-refractivity contribution in [2.45, 2.75) is 0 Å². The van der Waals surface area contributed by atoms with Gasteiger partial charge in [-0.2, -0.15) is 5.26 Å². The summed E-state index contributed by atoms with van der Waals surface area (Å²) in [6, 6.07) is 6.80. The number of anilines is 1. The zero-order chi connectivity index (χ0) is 9.68. The minimum Gasteiger partial charge on any atom is -0.381 e. The Morgan fingerprint density at radius 3 is 2.85 bits per heavy atom. The standard InChI is InChI=1S/C9H8ClFN2/c10-8-5-7(6-12)1-2-9(8)13-4-3-11/h1-2,5,13H,3-4H2. The molecule has 1 aromatic carbocycles. The third-order valence-electron chi connectivity index (χ3n) is 1.51. The minimum atomic E-state index is -0.448. The summed E-state index contributed by atoms with van der Waals surface area (Å²) in [6.45, 7) is -0.220. The van der Waals surface area contributed by atoms with Crippen LogP contribution in [0.4, 0.5) is 10.1 Å². The molecule has 0 unspecified atom stereocenters. The molecular weight excluding hydrogens is 191 g/mol. The number of nitrogens with zero attached hydrogens (tertiary/aromatic N) is 1. The first kappa shape index (κ1) is 9.82. The molecule has 0 aromatic heterocycles. The molecule has 0 heterocycles. The van der Waals surface area contributed by atoms with Gasteiger partial charge in [0.15, 0.2) is 0 Å². The number of nitriles is 1. The first-order chi connectivity index (χ1) is 6.27. The van der Waals surface area contributed by atoms with E-state index in [9.17, 15) is 4.39 Å². The van der Waals surface area contributed by atoms with Crippen LogP contribution in [0.2, 0.25) is 5.02 Å². The van der Waals surface area contributed by atoms with Crippen molar-refractivity contribution in [3.63, 3.8) is 0 Å². The summed E-state index contributed by atoms with van der Waals surface area (Å²) in [6.07, 6.45) is 0. The second-order valence-corrected chi connectivity index (χ2v) is 2.83. The van der Waals surface area contributed by atoms with E-state index in [1.807, 2.05) is 6.07 Å². The smallest absolute Gasteiger partial charge is 0.107 e. The van der Waals surface area contributed by atoms with E-state index < -0.39 is 6.67 Å². The maximum atomic E-state index is 11.8. The molecule has 1 N–H and O–H groups in total. The van der Waals surface area contributed by atoms with Gasteiger partial charge >= 0.3 is 0 Å². The van der Waals surface area contributed by atoms with Gasteiger partial charge < -0.3 is 5.32 Å². The number of nitrogens with one attached hydrogen (secondary N) is 1. The van der Waals surface area contributed by atoms with Gasteiger partial charge in [-0.05, 0) is 18.2 Å². The summed E-state index contributed by atoms with van der Waals surface area (Å²) < 4.78 is 11.8. The molecule has 0 aliphatic carbocycles. The number of hydrogen-bond donors (Lipinski definition) is 1. The molecule has 0 bridgehead atoms. The van der Waals surface area contributed by atoms with Crippen LogP contribution >= 0.6 is 11.6 Å². The fourth-order valence-electron chi connectivity index (χ4n) is 0.910. The Kier molecular flexibility index (Phi) is 3.53. The molecule has 2 nitrogen and oxygen atoms in total. The summed E-state index contributed by atoms with van der Waals surface area (Å²) in [5.74, 6) is 0. The van der Waals surface area contributed by atoms with Gasteiger partial charge in [-0.25, -0.2) is 4.39 Å². The molecule has 0 spiro atoms. The molecule has 0 aliphatic rings.